The number of para-hydroxylation sites is 1. The van der Waals surface area contributed by atoms with Crippen LogP contribution in [-0.2, 0) is 5.41 Å². The van der Waals surface area contributed by atoms with E-state index < -0.39 is 0 Å². The van der Waals surface area contributed by atoms with Gasteiger partial charge in [0.05, 0.1) is 5.69 Å². The molecular weight excluding hydrogens is 562 g/mol. The predicted molar refractivity (Wildman–Crippen MR) is 178 cm³/mol. The highest BCUT2D eigenvalue weighted by Crippen LogP contribution is 2.51. The molecule has 41 heavy (non-hydrogen) atoms. The summed E-state index contributed by atoms with van der Waals surface area (Å²) in [5, 5.41) is 0. The van der Waals surface area contributed by atoms with E-state index >= 15 is 0 Å². The summed E-state index contributed by atoms with van der Waals surface area (Å²) in [6, 6.07) is 42.2. The molecule has 0 amide bonds. The second-order valence-corrected chi connectivity index (χ2v) is 12.4. The third kappa shape index (κ3) is 4.57. The maximum absolute atomic E-state index is 3.71. The van der Waals surface area contributed by atoms with Gasteiger partial charge in [0.15, 0.2) is 0 Å². The van der Waals surface area contributed by atoms with Gasteiger partial charge in [0.25, 0.3) is 0 Å². The van der Waals surface area contributed by atoms with E-state index in [1.165, 1.54) is 55.9 Å². The Balaban J connectivity index is 1.40. The van der Waals surface area contributed by atoms with Gasteiger partial charge in [-0.3, -0.25) is 0 Å². The van der Waals surface area contributed by atoms with E-state index in [2.05, 4.69) is 168 Å². The van der Waals surface area contributed by atoms with Crippen molar-refractivity contribution in [3.63, 3.8) is 0 Å². The van der Waals surface area contributed by atoms with Gasteiger partial charge in [-0.25, -0.2) is 0 Å². The van der Waals surface area contributed by atoms with Gasteiger partial charge in [0, 0.05) is 26.8 Å². The fourth-order valence-electron chi connectivity index (χ4n) is 6.46. The van der Waals surface area contributed by atoms with Crippen molar-refractivity contribution in [2.45, 2.75) is 32.1 Å². The van der Waals surface area contributed by atoms with Gasteiger partial charge in [0.1, 0.15) is 0 Å². The molecule has 0 fully saturated rings. The lowest BCUT2D eigenvalue weighted by molar-refractivity contribution is 0.660. The molecule has 0 unspecified atom stereocenters. The van der Waals surface area contributed by atoms with Crippen LogP contribution in [0.15, 0.2) is 138 Å². The fourth-order valence-corrected chi connectivity index (χ4v) is 6.83. The molecule has 0 atom stereocenters. The van der Waals surface area contributed by atoms with Crippen molar-refractivity contribution in [2.75, 3.05) is 4.90 Å². The molecule has 5 aromatic carbocycles. The molecule has 0 aromatic heterocycles. The second kappa shape index (κ2) is 10.4. The molecule has 0 saturated carbocycles. The lowest BCUT2D eigenvalue weighted by Gasteiger charge is -2.30. The highest BCUT2D eigenvalue weighted by molar-refractivity contribution is 9.10. The van der Waals surface area contributed by atoms with E-state index in [1.807, 2.05) is 0 Å². The van der Waals surface area contributed by atoms with Gasteiger partial charge in [-0.15, -0.1) is 0 Å². The number of hydrogen-bond acceptors (Lipinski definition) is 1. The average Bonchev–Trinajstić information content (AvgIpc) is 3.24. The topological polar surface area (TPSA) is 3.24 Å². The summed E-state index contributed by atoms with van der Waals surface area (Å²) in [5.74, 6) is 0. The zero-order valence-electron chi connectivity index (χ0n) is 23.4. The van der Waals surface area contributed by atoms with Crippen LogP contribution in [0.2, 0.25) is 0 Å². The molecule has 0 heterocycles. The first-order valence-electron chi connectivity index (χ1n) is 14.4. The van der Waals surface area contributed by atoms with Crippen LogP contribution in [0.3, 0.4) is 0 Å². The molecule has 0 saturated heterocycles. The minimum Gasteiger partial charge on any atom is -0.310 e. The Bertz CT molecular complexity index is 1810. The minimum atomic E-state index is -0.0937. The Morgan fingerprint density at radius 1 is 0.634 bits per heavy atom. The van der Waals surface area contributed by atoms with Crippen LogP contribution in [0.25, 0.3) is 27.8 Å². The molecule has 1 nitrogen and oxygen atoms in total. The van der Waals surface area contributed by atoms with Crippen LogP contribution in [0.1, 0.15) is 43.4 Å². The van der Waals surface area contributed by atoms with E-state index in [0.29, 0.717) is 0 Å². The quantitative estimate of drug-likeness (QED) is 0.196. The lowest BCUT2D eigenvalue weighted by Crippen LogP contribution is -2.17. The normalized spacial score (nSPS) is 14.8. The monoisotopic (exact) mass is 593 g/mol. The molecule has 200 valence electrons. The van der Waals surface area contributed by atoms with Crippen LogP contribution >= 0.6 is 15.9 Å². The third-order valence-electron chi connectivity index (χ3n) is 8.62. The number of fused-ring (bicyclic) bond motifs is 3. The largest absolute Gasteiger partial charge is 0.310 e. The number of rotatable bonds is 5. The summed E-state index contributed by atoms with van der Waals surface area (Å²) < 4.78 is 1.13. The van der Waals surface area contributed by atoms with Crippen molar-refractivity contribution in [2.24, 2.45) is 0 Å². The first-order valence-corrected chi connectivity index (χ1v) is 15.2. The highest BCUT2D eigenvalue weighted by atomic mass is 79.9. The fraction of sp³-hybridized carbons (Fsp3) is 0.128. The first kappa shape index (κ1) is 25.8. The Morgan fingerprint density at radius 3 is 2.05 bits per heavy atom. The maximum Gasteiger partial charge on any atom is 0.0536 e. The molecule has 2 aliphatic carbocycles. The number of nitrogens with zero attached hydrogens (tertiary/aromatic N) is 1. The molecule has 0 bridgehead atoms. The van der Waals surface area contributed by atoms with Crippen molar-refractivity contribution in [3.8, 4) is 22.3 Å². The Hall–Kier alpha value is -4.14. The van der Waals surface area contributed by atoms with Crippen molar-refractivity contribution in [1.29, 1.82) is 0 Å². The molecule has 0 spiro atoms. The predicted octanol–water partition coefficient (Wildman–Crippen LogP) is 11.6. The number of anilines is 3. The molecule has 5 aromatic rings. The van der Waals surface area contributed by atoms with Crippen LogP contribution in [-0.4, -0.2) is 0 Å². The van der Waals surface area contributed by atoms with Gasteiger partial charge in [-0.05, 0) is 94.3 Å². The van der Waals surface area contributed by atoms with Gasteiger partial charge >= 0.3 is 0 Å². The third-order valence-corrected chi connectivity index (χ3v) is 9.11. The van der Waals surface area contributed by atoms with E-state index in [9.17, 15) is 0 Å². The molecule has 2 aliphatic rings. The minimum absolute atomic E-state index is 0.0937. The Morgan fingerprint density at radius 2 is 1.29 bits per heavy atom. The Kier molecular flexibility index (Phi) is 6.52. The number of benzene rings is 5. The molecule has 0 radical (unpaired) electrons. The van der Waals surface area contributed by atoms with Gasteiger partial charge in [-0.2, -0.15) is 0 Å². The number of halogens is 1. The summed E-state index contributed by atoms with van der Waals surface area (Å²) in [4.78, 5) is 2.44. The molecule has 0 aliphatic heterocycles. The summed E-state index contributed by atoms with van der Waals surface area (Å²) >= 11 is 3.71. The zero-order valence-corrected chi connectivity index (χ0v) is 25.0. The molecule has 0 N–H and O–H groups in total. The van der Waals surface area contributed by atoms with Crippen molar-refractivity contribution in [3.05, 3.63) is 155 Å². The lowest BCUT2D eigenvalue weighted by atomic mass is 9.82. The van der Waals surface area contributed by atoms with Crippen LogP contribution in [0.5, 0.6) is 0 Å². The second-order valence-electron chi connectivity index (χ2n) is 11.5. The number of hydrogen-bond donors (Lipinski definition) is 0. The van der Waals surface area contributed by atoms with Crippen molar-refractivity contribution >= 4 is 38.6 Å². The van der Waals surface area contributed by atoms with E-state index in [1.54, 1.807) is 0 Å². The van der Waals surface area contributed by atoms with E-state index in [0.717, 1.165) is 23.0 Å². The Labute approximate surface area is 251 Å². The van der Waals surface area contributed by atoms with Crippen LogP contribution in [0, 0.1) is 0 Å². The summed E-state index contributed by atoms with van der Waals surface area (Å²) in [7, 11) is 0. The molecular formula is C39H32BrN. The van der Waals surface area contributed by atoms with Crippen molar-refractivity contribution in [1.82, 2.24) is 0 Å². The van der Waals surface area contributed by atoms with Crippen LogP contribution < -0.4 is 4.90 Å². The van der Waals surface area contributed by atoms with Crippen molar-refractivity contribution < 1.29 is 0 Å². The standard InChI is InChI=1S/C39H32BrN/c1-39(2)36-25-30(40)19-23-34(36)35-24-22-32(26-37(35)39)41(31-20-17-28(18-21-31)27-11-5-3-6-12-27)38-16-10-9-15-33(38)29-13-7-4-8-14-29/h3-7,9-13,15-26H,8,14H2,1-2H3. The number of allylic oxidation sites excluding steroid dienone is 4. The molecule has 7 rings (SSSR count). The first-order chi connectivity index (χ1) is 20.0. The van der Waals surface area contributed by atoms with E-state index in [-0.39, 0.29) is 5.41 Å². The van der Waals surface area contributed by atoms with Crippen LogP contribution in [0.4, 0.5) is 17.1 Å². The van der Waals surface area contributed by atoms with E-state index in [4.69, 9.17) is 0 Å². The summed E-state index contributed by atoms with van der Waals surface area (Å²) in [6.45, 7) is 4.69. The van der Waals surface area contributed by atoms with Gasteiger partial charge < -0.3 is 4.90 Å². The van der Waals surface area contributed by atoms with Gasteiger partial charge in [0.2, 0.25) is 0 Å². The highest BCUT2D eigenvalue weighted by Gasteiger charge is 2.36. The zero-order chi connectivity index (χ0) is 28.0. The smallest absolute Gasteiger partial charge is 0.0536 e. The molecule has 2 heteroatoms. The summed E-state index contributed by atoms with van der Waals surface area (Å²) in [5.41, 5.74) is 14.0. The maximum atomic E-state index is 3.71. The average molecular weight is 595 g/mol. The van der Waals surface area contributed by atoms with Gasteiger partial charge in [-0.1, -0.05) is 121 Å². The summed E-state index contributed by atoms with van der Waals surface area (Å²) in [6.07, 6.45) is 8.86. The SMILES string of the molecule is CC1(C)c2cc(Br)ccc2-c2ccc(N(c3ccc(-c4ccccc4)cc3)c3ccccc3C3=CC=CCC3)cc21.